The lowest BCUT2D eigenvalue weighted by molar-refractivity contribution is 0.0764. The number of amides is 1. The van der Waals surface area contributed by atoms with Crippen molar-refractivity contribution in [2.24, 2.45) is 0 Å². The molecular weight excluding hydrogens is 318 g/mol. The fourth-order valence-electron chi connectivity index (χ4n) is 2.71. The molecule has 0 aliphatic rings. The van der Waals surface area contributed by atoms with Crippen LogP contribution in [-0.4, -0.2) is 33.7 Å². The molecule has 3 rings (SSSR count). The van der Waals surface area contributed by atoms with Gasteiger partial charge in [0.05, 0.1) is 10.6 Å². The number of aromatic nitrogens is 2. The minimum absolute atomic E-state index is 0.0109. The summed E-state index contributed by atoms with van der Waals surface area (Å²) < 4.78 is 1.77. The van der Waals surface area contributed by atoms with E-state index in [2.05, 4.69) is 0 Å². The molecule has 0 bridgehead atoms. The zero-order valence-corrected chi connectivity index (χ0v) is 15.0. The summed E-state index contributed by atoms with van der Waals surface area (Å²) in [5.41, 5.74) is 3.49. The van der Waals surface area contributed by atoms with E-state index in [-0.39, 0.29) is 5.91 Å². The third-order valence-electron chi connectivity index (χ3n) is 4.00. The molecule has 5 heteroatoms. The SMILES string of the molecule is CCN(CC)C(=O)c1cc(-c2cccs2)nn1-c1cccc(C)c1. The molecule has 0 spiro atoms. The third kappa shape index (κ3) is 3.12. The van der Waals surface area contributed by atoms with Crippen molar-refractivity contribution in [3.63, 3.8) is 0 Å². The Kier molecular flexibility index (Phi) is 4.81. The molecule has 0 N–H and O–H groups in total. The number of benzene rings is 1. The summed E-state index contributed by atoms with van der Waals surface area (Å²) in [5, 5.41) is 6.74. The van der Waals surface area contributed by atoms with Crippen LogP contribution in [0.15, 0.2) is 47.8 Å². The van der Waals surface area contributed by atoms with Crippen LogP contribution in [0.4, 0.5) is 0 Å². The Morgan fingerprint density at radius 3 is 2.58 bits per heavy atom. The molecule has 0 aliphatic carbocycles. The van der Waals surface area contributed by atoms with E-state index >= 15 is 0 Å². The van der Waals surface area contributed by atoms with E-state index in [1.54, 1.807) is 16.0 Å². The first-order chi connectivity index (χ1) is 11.6. The summed E-state index contributed by atoms with van der Waals surface area (Å²) in [6, 6.07) is 14.0. The Balaban J connectivity index is 2.13. The normalized spacial score (nSPS) is 10.8. The van der Waals surface area contributed by atoms with E-state index in [9.17, 15) is 4.79 Å². The molecule has 24 heavy (non-hydrogen) atoms. The van der Waals surface area contributed by atoms with Crippen molar-refractivity contribution < 1.29 is 4.79 Å². The van der Waals surface area contributed by atoms with Gasteiger partial charge in [-0.1, -0.05) is 18.2 Å². The molecule has 2 aromatic heterocycles. The van der Waals surface area contributed by atoms with Gasteiger partial charge in [0, 0.05) is 13.1 Å². The number of thiophene rings is 1. The standard InChI is InChI=1S/C19H21N3OS/c1-4-21(5-2)19(23)17-13-16(18-10-7-11-24-18)20-22(17)15-9-6-8-14(3)12-15/h6-13H,4-5H2,1-3H3. The van der Waals surface area contributed by atoms with E-state index in [0.717, 1.165) is 21.8 Å². The maximum absolute atomic E-state index is 12.9. The minimum atomic E-state index is 0.0109. The highest BCUT2D eigenvalue weighted by atomic mass is 32.1. The van der Waals surface area contributed by atoms with Crippen molar-refractivity contribution in [1.29, 1.82) is 0 Å². The second-order valence-corrected chi connectivity index (χ2v) is 6.57. The molecule has 124 valence electrons. The van der Waals surface area contributed by atoms with Gasteiger partial charge >= 0.3 is 0 Å². The Bertz CT molecular complexity index is 832. The number of hydrogen-bond acceptors (Lipinski definition) is 3. The van der Waals surface area contributed by atoms with Crippen LogP contribution in [0.2, 0.25) is 0 Å². The van der Waals surface area contributed by atoms with Gasteiger partial charge in [0.25, 0.3) is 5.91 Å². The second kappa shape index (κ2) is 7.01. The first-order valence-corrected chi connectivity index (χ1v) is 9.02. The van der Waals surface area contributed by atoms with Crippen molar-refractivity contribution in [1.82, 2.24) is 14.7 Å². The molecule has 3 aromatic rings. The molecule has 2 heterocycles. The number of nitrogens with zero attached hydrogens (tertiary/aromatic N) is 3. The number of hydrogen-bond donors (Lipinski definition) is 0. The Labute approximate surface area is 146 Å². The number of carbonyl (C=O) groups is 1. The molecular formula is C19H21N3OS. The van der Waals surface area contributed by atoms with Gasteiger partial charge in [-0.25, -0.2) is 4.68 Å². The number of rotatable bonds is 5. The second-order valence-electron chi connectivity index (χ2n) is 5.62. The monoisotopic (exact) mass is 339 g/mol. The van der Waals surface area contributed by atoms with Crippen molar-refractivity contribution in [2.75, 3.05) is 13.1 Å². The number of carbonyl (C=O) groups excluding carboxylic acids is 1. The van der Waals surface area contributed by atoms with Gasteiger partial charge < -0.3 is 4.90 Å². The lowest BCUT2D eigenvalue weighted by atomic mass is 10.2. The zero-order chi connectivity index (χ0) is 17.1. The van der Waals surface area contributed by atoms with E-state index in [4.69, 9.17) is 5.10 Å². The largest absolute Gasteiger partial charge is 0.338 e. The van der Waals surface area contributed by atoms with Gasteiger partial charge in [0.1, 0.15) is 11.4 Å². The Morgan fingerprint density at radius 2 is 1.96 bits per heavy atom. The summed E-state index contributed by atoms with van der Waals surface area (Å²) in [6.07, 6.45) is 0. The Hall–Kier alpha value is -2.40. The predicted molar refractivity (Wildman–Crippen MR) is 98.9 cm³/mol. The van der Waals surface area contributed by atoms with E-state index in [1.807, 2.05) is 73.5 Å². The average molecular weight is 339 g/mol. The molecule has 0 radical (unpaired) electrons. The van der Waals surface area contributed by atoms with Gasteiger partial charge in [0.2, 0.25) is 0 Å². The van der Waals surface area contributed by atoms with E-state index in [0.29, 0.717) is 18.8 Å². The minimum Gasteiger partial charge on any atom is -0.338 e. The summed E-state index contributed by atoms with van der Waals surface area (Å²) in [5.74, 6) is 0.0109. The predicted octanol–water partition coefficient (Wildman–Crippen LogP) is 4.39. The first-order valence-electron chi connectivity index (χ1n) is 8.14. The summed E-state index contributed by atoms with van der Waals surface area (Å²) in [6.45, 7) is 7.40. The highest BCUT2D eigenvalue weighted by Crippen LogP contribution is 2.26. The first kappa shape index (κ1) is 16.5. The van der Waals surface area contributed by atoms with E-state index in [1.165, 1.54) is 0 Å². The molecule has 4 nitrogen and oxygen atoms in total. The van der Waals surface area contributed by atoms with Crippen LogP contribution in [0.25, 0.3) is 16.3 Å². The molecule has 0 aliphatic heterocycles. The lowest BCUT2D eigenvalue weighted by Crippen LogP contribution is -2.32. The molecule has 0 saturated heterocycles. The number of aryl methyl sites for hydroxylation is 1. The van der Waals surface area contributed by atoms with Crippen LogP contribution in [0.3, 0.4) is 0 Å². The molecule has 0 fully saturated rings. The maximum atomic E-state index is 12.9. The van der Waals surface area contributed by atoms with Crippen molar-refractivity contribution in [3.05, 3.63) is 59.1 Å². The lowest BCUT2D eigenvalue weighted by Gasteiger charge is -2.19. The van der Waals surface area contributed by atoms with Gasteiger partial charge in [-0.2, -0.15) is 5.10 Å². The van der Waals surface area contributed by atoms with Gasteiger partial charge in [0.15, 0.2) is 0 Å². The highest BCUT2D eigenvalue weighted by Gasteiger charge is 2.21. The third-order valence-corrected chi connectivity index (χ3v) is 4.89. The van der Waals surface area contributed by atoms with Crippen molar-refractivity contribution >= 4 is 17.2 Å². The molecule has 1 aromatic carbocycles. The van der Waals surface area contributed by atoms with Crippen LogP contribution in [-0.2, 0) is 0 Å². The highest BCUT2D eigenvalue weighted by molar-refractivity contribution is 7.13. The summed E-state index contributed by atoms with van der Waals surface area (Å²) in [4.78, 5) is 15.8. The fourth-order valence-corrected chi connectivity index (χ4v) is 3.39. The Morgan fingerprint density at radius 1 is 1.17 bits per heavy atom. The van der Waals surface area contributed by atoms with Gasteiger partial charge in [-0.05, 0) is 56.0 Å². The smallest absolute Gasteiger partial charge is 0.272 e. The van der Waals surface area contributed by atoms with Crippen LogP contribution in [0, 0.1) is 6.92 Å². The molecule has 0 unspecified atom stereocenters. The molecule has 0 atom stereocenters. The van der Waals surface area contributed by atoms with E-state index < -0.39 is 0 Å². The van der Waals surface area contributed by atoms with Crippen molar-refractivity contribution in [3.8, 4) is 16.3 Å². The van der Waals surface area contributed by atoms with Crippen LogP contribution in [0.5, 0.6) is 0 Å². The maximum Gasteiger partial charge on any atom is 0.272 e. The van der Waals surface area contributed by atoms with Crippen LogP contribution >= 0.6 is 11.3 Å². The van der Waals surface area contributed by atoms with Crippen molar-refractivity contribution in [2.45, 2.75) is 20.8 Å². The van der Waals surface area contributed by atoms with Crippen LogP contribution in [0.1, 0.15) is 29.9 Å². The van der Waals surface area contributed by atoms with Gasteiger partial charge in [-0.3, -0.25) is 4.79 Å². The zero-order valence-electron chi connectivity index (χ0n) is 14.2. The van der Waals surface area contributed by atoms with Gasteiger partial charge in [-0.15, -0.1) is 11.3 Å². The molecule has 1 amide bonds. The topological polar surface area (TPSA) is 38.1 Å². The molecule has 0 saturated carbocycles. The summed E-state index contributed by atoms with van der Waals surface area (Å²) >= 11 is 1.63. The average Bonchev–Trinajstić information content (AvgIpc) is 3.25. The quantitative estimate of drug-likeness (QED) is 0.691. The van der Waals surface area contributed by atoms with Crippen LogP contribution < -0.4 is 0 Å². The summed E-state index contributed by atoms with van der Waals surface area (Å²) in [7, 11) is 0. The fraction of sp³-hybridized carbons (Fsp3) is 0.263.